The topological polar surface area (TPSA) is 12.0 Å². The van der Waals surface area contributed by atoms with E-state index in [-0.39, 0.29) is 0 Å². The van der Waals surface area contributed by atoms with Crippen LogP contribution in [0.4, 0.5) is 5.69 Å². The van der Waals surface area contributed by atoms with Gasteiger partial charge in [0.15, 0.2) is 0 Å². The second-order valence-electron chi connectivity index (χ2n) is 3.62. The van der Waals surface area contributed by atoms with Crippen molar-refractivity contribution in [2.75, 3.05) is 11.9 Å². The lowest BCUT2D eigenvalue weighted by molar-refractivity contribution is 1.04. The second-order valence-corrected chi connectivity index (χ2v) is 4.65. The van der Waals surface area contributed by atoms with Crippen LogP contribution in [0.15, 0.2) is 41.8 Å². The molecule has 15 heavy (non-hydrogen) atoms. The maximum absolute atomic E-state index is 3.42. The smallest absolute Gasteiger partial charge is 0.0340 e. The zero-order chi connectivity index (χ0) is 10.5. The first-order chi connectivity index (χ1) is 7.34. The first-order valence-electron chi connectivity index (χ1n) is 5.17. The molecule has 0 radical (unpaired) electrons. The van der Waals surface area contributed by atoms with Crippen molar-refractivity contribution in [3.8, 4) is 0 Å². The van der Waals surface area contributed by atoms with Crippen LogP contribution in [0.2, 0.25) is 0 Å². The van der Waals surface area contributed by atoms with Gasteiger partial charge in [0.2, 0.25) is 0 Å². The molecule has 0 atom stereocenters. The van der Waals surface area contributed by atoms with Crippen LogP contribution in [0.3, 0.4) is 0 Å². The van der Waals surface area contributed by atoms with Crippen molar-refractivity contribution in [1.82, 2.24) is 0 Å². The maximum atomic E-state index is 3.42. The number of hydrogen-bond acceptors (Lipinski definition) is 2. The van der Waals surface area contributed by atoms with Gasteiger partial charge in [-0.2, -0.15) is 0 Å². The highest BCUT2D eigenvalue weighted by atomic mass is 32.1. The van der Waals surface area contributed by atoms with Crippen molar-refractivity contribution in [3.63, 3.8) is 0 Å². The highest BCUT2D eigenvalue weighted by Crippen LogP contribution is 2.11. The Balaban J connectivity index is 1.81. The summed E-state index contributed by atoms with van der Waals surface area (Å²) < 4.78 is 0. The molecule has 0 aliphatic heterocycles. The first-order valence-corrected chi connectivity index (χ1v) is 6.05. The van der Waals surface area contributed by atoms with Crippen molar-refractivity contribution in [2.24, 2.45) is 0 Å². The Hall–Kier alpha value is -1.28. The first kappa shape index (κ1) is 10.2. The minimum Gasteiger partial charge on any atom is -0.385 e. The Morgan fingerprint density at radius 3 is 2.60 bits per heavy atom. The van der Waals surface area contributed by atoms with Gasteiger partial charge in [0.25, 0.3) is 0 Å². The third-order valence-electron chi connectivity index (χ3n) is 2.33. The molecule has 0 fully saturated rings. The van der Waals surface area contributed by atoms with Gasteiger partial charge in [-0.1, -0.05) is 23.8 Å². The Morgan fingerprint density at radius 2 is 1.93 bits per heavy atom. The van der Waals surface area contributed by atoms with E-state index in [2.05, 4.69) is 54.0 Å². The van der Waals surface area contributed by atoms with E-state index in [4.69, 9.17) is 0 Å². The summed E-state index contributed by atoms with van der Waals surface area (Å²) in [4.78, 5) is 1.44. The molecular weight excluding hydrogens is 202 g/mol. The third kappa shape index (κ3) is 3.10. The van der Waals surface area contributed by atoms with Crippen molar-refractivity contribution in [1.29, 1.82) is 0 Å². The van der Waals surface area contributed by atoms with E-state index < -0.39 is 0 Å². The van der Waals surface area contributed by atoms with E-state index in [0.717, 1.165) is 13.0 Å². The van der Waals surface area contributed by atoms with Crippen molar-refractivity contribution < 1.29 is 0 Å². The van der Waals surface area contributed by atoms with Crippen LogP contribution in [-0.2, 0) is 6.42 Å². The zero-order valence-electron chi connectivity index (χ0n) is 8.86. The molecule has 0 spiro atoms. The van der Waals surface area contributed by atoms with E-state index in [1.54, 1.807) is 0 Å². The molecule has 2 rings (SSSR count). The molecule has 1 nitrogen and oxygen atoms in total. The fourth-order valence-electron chi connectivity index (χ4n) is 1.46. The van der Waals surface area contributed by atoms with E-state index in [9.17, 15) is 0 Å². The summed E-state index contributed by atoms with van der Waals surface area (Å²) in [6, 6.07) is 12.8. The van der Waals surface area contributed by atoms with Crippen molar-refractivity contribution >= 4 is 17.0 Å². The number of nitrogens with one attached hydrogen (secondary N) is 1. The fraction of sp³-hybridized carbons (Fsp3) is 0.231. The van der Waals surface area contributed by atoms with Crippen LogP contribution in [0.1, 0.15) is 10.4 Å². The van der Waals surface area contributed by atoms with E-state index >= 15 is 0 Å². The van der Waals surface area contributed by atoms with Gasteiger partial charge in [0.05, 0.1) is 0 Å². The van der Waals surface area contributed by atoms with E-state index in [1.807, 2.05) is 11.3 Å². The zero-order valence-corrected chi connectivity index (χ0v) is 9.68. The van der Waals surface area contributed by atoms with Gasteiger partial charge < -0.3 is 5.32 Å². The molecule has 0 amide bonds. The summed E-state index contributed by atoms with van der Waals surface area (Å²) in [5, 5.41) is 5.54. The number of thiophene rings is 1. The molecule has 0 saturated heterocycles. The van der Waals surface area contributed by atoms with Gasteiger partial charge >= 0.3 is 0 Å². The number of rotatable bonds is 4. The molecule has 0 bridgehead atoms. The molecule has 0 saturated carbocycles. The van der Waals surface area contributed by atoms with Gasteiger partial charge in [0.1, 0.15) is 0 Å². The molecule has 0 unspecified atom stereocenters. The average molecular weight is 217 g/mol. The highest BCUT2D eigenvalue weighted by Gasteiger charge is 1.94. The SMILES string of the molecule is Cc1ccc(NCCc2cccs2)cc1. The molecule has 0 aliphatic rings. The van der Waals surface area contributed by atoms with Gasteiger partial charge in [-0.3, -0.25) is 0 Å². The van der Waals surface area contributed by atoms with Crippen molar-refractivity contribution in [3.05, 3.63) is 52.2 Å². The molecule has 2 heteroatoms. The predicted molar refractivity (Wildman–Crippen MR) is 67.7 cm³/mol. The van der Waals surface area contributed by atoms with Crippen LogP contribution in [0, 0.1) is 6.92 Å². The van der Waals surface area contributed by atoms with Gasteiger partial charge in [0, 0.05) is 17.1 Å². The van der Waals surface area contributed by atoms with Crippen molar-refractivity contribution in [2.45, 2.75) is 13.3 Å². The molecule has 0 aliphatic carbocycles. The summed E-state index contributed by atoms with van der Waals surface area (Å²) in [6.07, 6.45) is 1.10. The van der Waals surface area contributed by atoms with Gasteiger partial charge in [-0.15, -0.1) is 11.3 Å². The number of anilines is 1. The predicted octanol–water partition coefficient (Wildman–Crippen LogP) is 3.71. The van der Waals surface area contributed by atoms with E-state index in [1.165, 1.54) is 16.1 Å². The lowest BCUT2D eigenvalue weighted by atomic mass is 10.2. The Labute approximate surface area is 94.8 Å². The summed E-state index contributed by atoms with van der Waals surface area (Å²) in [6.45, 7) is 3.11. The molecule has 1 aromatic carbocycles. The minimum atomic E-state index is 1.00. The maximum Gasteiger partial charge on any atom is 0.0340 e. The summed E-state index contributed by atoms with van der Waals surface area (Å²) in [7, 11) is 0. The van der Waals surface area contributed by atoms with Gasteiger partial charge in [-0.05, 0) is 36.9 Å². The highest BCUT2D eigenvalue weighted by molar-refractivity contribution is 7.09. The largest absolute Gasteiger partial charge is 0.385 e. The number of hydrogen-bond donors (Lipinski definition) is 1. The van der Waals surface area contributed by atoms with E-state index in [0.29, 0.717) is 0 Å². The molecule has 1 N–H and O–H groups in total. The number of benzene rings is 1. The molecule has 1 heterocycles. The number of aryl methyl sites for hydroxylation is 1. The third-order valence-corrected chi connectivity index (χ3v) is 3.27. The average Bonchev–Trinajstić information content (AvgIpc) is 2.74. The lowest BCUT2D eigenvalue weighted by Crippen LogP contribution is -2.03. The van der Waals surface area contributed by atoms with Crippen LogP contribution in [0.5, 0.6) is 0 Å². The fourth-order valence-corrected chi connectivity index (χ4v) is 2.17. The van der Waals surface area contributed by atoms with Crippen LogP contribution in [0.25, 0.3) is 0 Å². The summed E-state index contributed by atoms with van der Waals surface area (Å²) in [5.74, 6) is 0. The molecule has 2 aromatic rings. The molecule has 1 aromatic heterocycles. The normalized spacial score (nSPS) is 10.2. The van der Waals surface area contributed by atoms with Gasteiger partial charge in [-0.25, -0.2) is 0 Å². The van der Waals surface area contributed by atoms with Crippen LogP contribution < -0.4 is 5.32 Å². The standard InChI is InChI=1S/C13H15NS/c1-11-4-6-12(7-5-11)14-9-8-13-3-2-10-15-13/h2-7,10,14H,8-9H2,1H3. The summed E-state index contributed by atoms with van der Waals surface area (Å²) >= 11 is 1.82. The Morgan fingerprint density at radius 1 is 1.13 bits per heavy atom. The monoisotopic (exact) mass is 217 g/mol. The minimum absolute atomic E-state index is 1.00. The second kappa shape index (κ2) is 4.99. The Bertz CT molecular complexity index is 389. The molecule has 78 valence electrons. The molecular formula is C13H15NS. The Kier molecular flexibility index (Phi) is 3.41. The van der Waals surface area contributed by atoms with Crippen LogP contribution in [-0.4, -0.2) is 6.54 Å². The lowest BCUT2D eigenvalue weighted by Gasteiger charge is -2.05. The quantitative estimate of drug-likeness (QED) is 0.823. The van der Waals surface area contributed by atoms with Crippen LogP contribution >= 0.6 is 11.3 Å². The summed E-state index contributed by atoms with van der Waals surface area (Å²) in [5.41, 5.74) is 2.51.